The predicted octanol–water partition coefficient (Wildman–Crippen LogP) is 2.05. The minimum absolute atomic E-state index is 0.325. The van der Waals surface area contributed by atoms with Gasteiger partial charge in [-0.3, -0.25) is 9.69 Å². The third kappa shape index (κ3) is 3.34. The molecule has 1 N–H and O–H groups in total. The number of carboxylic acids is 1. The average molecular weight is 280 g/mol. The first kappa shape index (κ1) is 14.3. The molecule has 0 aromatic rings. The summed E-state index contributed by atoms with van der Waals surface area (Å²) in [6, 6.07) is 0.892. The standard InChI is InChI=1S/C16H28N2O2/c19-16(20)3-1-2-6-17-7-9-18(10-8-17)15-12-13-4-5-14(15)11-13/h13-15H,1-12H2,(H,19,20). The van der Waals surface area contributed by atoms with E-state index in [0.29, 0.717) is 6.42 Å². The number of fused-ring (bicyclic) bond motifs is 2. The molecule has 3 atom stereocenters. The lowest BCUT2D eigenvalue weighted by molar-refractivity contribution is -0.137. The van der Waals surface area contributed by atoms with E-state index in [1.165, 1.54) is 51.9 Å². The van der Waals surface area contributed by atoms with Crippen LogP contribution in [0.25, 0.3) is 0 Å². The van der Waals surface area contributed by atoms with Crippen LogP contribution in [0, 0.1) is 11.8 Å². The van der Waals surface area contributed by atoms with E-state index < -0.39 is 5.97 Å². The van der Waals surface area contributed by atoms with Gasteiger partial charge in [0.25, 0.3) is 0 Å². The molecular weight excluding hydrogens is 252 g/mol. The Hall–Kier alpha value is -0.610. The number of carbonyl (C=O) groups is 1. The third-order valence-electron chi connectivity index (χ3n) is 5.69. The highest BCUT2D eigenvalue weighted by atomic mass is 16.4. The number of piperazine rings is 1. The van der Waals surface area contributed by atoms with Crippen LogP contribution in [0.2, 0.25) is 0 Å². The molecule has 4 heteroatoms. The second-order valence-corrected chi connectivity index (χ2v) is 6.97. The zero-order valence-corrected chi connectivity index (χ0v) is 12.5. The molecule has 4 nitrogen and oxygen atoms in total. The summed E-state index contributed by atoms with van der Waals surface area (Å²) >= 11 is 0. The van der Waals surface area contributed by atoms with Gasteiger partial charge in [-0.1, -0.05) is 6.42 Å². The zero-order chi connectivity index (χ0) is 13.9. The zero-order valence-electron chi connectivity index (χ0n) is 12.5. The van der Waals surface area contributed by atoms with Crippen molar-refractivity contribution < 1.29 is 9.90 Å². The molecule has 0 amide bonds. The number of hydrogen-bond donors (Lipinski definition) is 1. The lowest BCUT2D eigenvalue weighted by atomic mass is 9.93. The Morgan fingerprint density at radius 2 is 1.85 bits per heavy atom. The van der Waals surface area contributed by atoms with Gasteiger partial charge in [0, 0.05) is 38.6 Å². The minimum atomic E-state index is -0.661. The second kappa shape index (κ2) is 6.44. The van der Waals surface area contributed by atoms with Crippen LogP contribution in [0.5, 0.6) is 0 Å². The van der Waals surface area contributed by atoms with Crippen LogP contribution in [-0.4, -0.2) is 59.6 Å². The maximum atomic E-state index is 10.5. The van der Waals surface area contributed by atoms with Crippen molar-refractivity contribution >= 4 is 5.97 Å². The minimum Gasteiger partial charge on any atom is -0.481 e. The smallest absolute Gasteiger partial charge is 0.303 e. The van der Waals surface area contributed by atoms with Gasteiger partial charge in [-0.2, -0.15) is 0 Å². The summed E-state index contributed by atoms with van der Waals surface area (Å²) in [5, 5.41) is 8.64. The predicted molar refractivity (Wildman–Crippen MR) is 78.7 cm³/mol. The second-order valence-electron chi connectivity index (χ2n) is 6.97. The molecule has 1 saturated heterocycles. The Bertz CT molecular complexity index is 339. The topological polar surface area (TPSA) is 43.8 Å². The Morgan fingerprint density at radius 3 is 2.45 bits per heavy atom. The van der Waals surface area contributed by atoms with Crippen LogP contribution in [-0.2, 0) is 4.79 Å². The van der Waals surface area contributed by atoms with Crippen molar-refractivity contribution in [3.8, 4) is 0 Å². The third-order valence-corrected chi connectivity index (χ3v) is 5.69. The Balaban J connectivity index is 1.34. The van der Waals surface area contributed by atoms with E-state index in [9.17, 15) is 4.79 Å². The van der Waals surface area contributed by atoms with Crippen molar-refractivity contribution in [2.75, 3.05) is 32.7 Å². The summed E-state index contributed by atoms with van der Waals surface area (Å²) in [5.74, 6) is 1.38. The van der Waals surface area contributed by atoms with Gasteiger partial charge in [-0.25, -0.2) is 0 Å². The van der Waals surface area contributed by atoms with Gasteiger partial charge in [0.2, 0.25) is 0 Å². The molecule has 3 unspecified atom stereocenters. The summed E-state index contributed by atoms with van der Waals surface area (Å²) in [7, 11) is 0. The molecule has 2 bridgehead atoms. The summed E-state index contributed by atoms with van der Waals surface area (Å²) in [6.07, 6.45) is 8.10. The van der Waals surface area contributed by atoms with E-state index in [0.717, 1.165) is 37.3 Å². The van der Waals surface area contributed by atoms with Gasteiger partial charge in [-0.05, 0) is 50.5 Å². The highest BCUT2D eigenvalue weighted by molar-refractivity contribution is 5.66. The molecule has 3 fully saturated rings. The van der Waals surface area contributed by atoms with Crippen LogP contribution in [0.1, 0.15) is 44.9 Å². The maximum absolute atomic E-state index is 10.5. The number of hydrogen-bond acceptors (Lipinski definition) is 3. The fourth-order valence-electron chi connectivity index (χ4n) is 4.59. The van der Waals surface area contributed by atoms with Crippen molar-refractivity contribution in [2.24, 2.45) is 11.8 Å². The fraction of sp³-hybridized carbons (Fsp3) is 0.938. The number of aliphatic carboxylic acids is 1. The summed E-state index contributed by atoms with van der Waals surface area (Å²) < 4.78 is 0. The molecule has 1 heterocycles. The molecular formula is C16H28N2O2. The van der Waals surface area contributed by atoms with E-state index in [2.05, 4.69) is 9.80 Å². The molecule has 3 rings (SSSR count). The number of unbranched alkanes of at least 4 members (excludes halogenated alkanes) is 1. The first-order valence-corrected chi connectivity index (χ1v) is 8.40. The quantitative estimate of drug-likeness (QED) is 0.756. The van der Waals surface area contributed by atoms with Crippen molar-refractivity contribution in [2.45, 2.75) is 51.0 Å². The summed E-state index contributed by atoms with van der Waals surface area (Å²) in [5.41, 5.74) is 0. The van der Waals surface area contributed by atoms with E-state index in [1.807, 2.05) is 0 Å². The molecule has 0 aromatic carbocycles. The molecule has 2 aliphatic carbocycles. The molecule has 0 aromatic heterocycles. The number of rotatable bonds is 6. The van der Waals surface area contributed by atoms with Crippen LogP contribution in [0.15, 0.2) is 0 Å². The molecule has 0 radical (unpaired) electrons. The summed E-state index contributed by atoms with van der Waals surface area (Å²) in [4.78, 5) is 15.7. The first-order valence-electron chi connectivity index (χ1n) is 8.40. The maximum Gasteiger partial charge on any atom is 0.303 e. The molecule has 1 aliphatic heterocycles. The molecule has 3 aliphatic rings. The lowest BCUT2D eigenvalue weighted by Gasteiger charge is -2.41. The number of carboxylic acid groups (broad SMARTS) is 1. The normalized spacial score (nSPS) is 34.7. The van der Waals surface area contributed by atoms with Crippen molar-refractivity contribution in [1.29, 1.82) is 0 Å². The van der Waals surface area contributed by atoms with Gasteiger partial charge in [0.1, 0.15) is 0 Å². The van der Waals surface area contributed by atoms with Gasteiger partial charge in [0.15, 0.2) is 0 Å². The van der Waals surface area contributed by atoms with Crippen LogP contribution >= 0.6 is 0 Å². The van der Waals surface area contributed by atoms with E-state index in [1.54, 1.807) is 0 Å². The fourth-order valence-corrected chi connectivity index (χ4v) is 4.59. The molecule has 2 saturated carbocycles. The van der Waals surface area contributed by atoms with Crippen molar-refractivity contribution in [1.82, 2.24) is 9.80 Å². The highest BCUT2D eigenvalue weighted by Gasteiger charge is 2.42. The van der Waals surface area contributed by atoms with Crippen molar-refractivity contribution in [3.63, 3.8) is 0 Å². The Morgan fingerprint density at radius 1 is 1.05 bits per heavy atom. The van der Waals surface area contributed by atoms with E-state index in [-0.39, 0.29) is 0 Å². The first-order chi connectivity index (χ1) is 9.72. The highest BCUT2D eigenvalue weighted by Crippen LogP contribution is 2.46. The lowest BCUT2D eigenvalue weighted by Crippen LogP contribution is -2.51. The monoisotopic (exact) mass is 280 g/mol. The van der Waals surface area contributed by atoms with Crippen molar-refractivity contribution in [3.05, 3.63) is 0 Å². The van der Waals surface area contributed by atoms with Crippen LogP contribution in [0.3, 0.4) is 0 Å². The number of nitrogens with zero attached hydrogens (tertiary/aromatic N) is 2. The molecule has 0 spiro atoms. The molecule has 20 heavy (non-hydrogen) atoms. The average Bonchev–Trinajstić information content (AvgIpc) is 3.07. The van der Waals surface area contributed by atoms with Crippen LogP contribution < -0.4 is 0 Å². The largest absolute Gasteiger partial charge is 0.481 e. The van der Waals surface area contributed by atoms with Gasteiger partial charge < -0.3 is 10.0 Å². The van der Waals surface area contributed by atoms with Gasteiger partial charge >= 0.3 is 5.97 Å². The van der Waals surface area contributed by atoms with Crippen LogP contribution in [0.4, 0.5) is 0 Å². The summed E-state index contributed by atoms with van der Waals surface area (Å²) in [6.45, 7) is 5.90. The molecule has 114 valence electrons. The Labute approximate surface area is 122 Å². The SMILES string of the molecule is O=C(O)CCCCN1CCN(C2CC3CCC2C3)CC1. The van der Waals surface area contributed by atoms with Gasteiger partial charge in [0.05, 0.1) is 0 Å². The van der Waals surface area contributed by atoms with E-state index in [4.69, 9.17) is 5.11 Å². The Kier molecular flexibility index (Phi) is 4.61. The van der Waals surface area contributed by atoms with Gasteiger partial charge in [-0.15, -0.1) is 0 Å². The van der Waals surface area contributed by atoms with E-state index >= 15 is 0 Å².